The Morgan fingerprint density at radius 1 is 1.53 bits per heavy atom. The van der Waals surface area contributed by atoms with Crippen LogP contribution >= 0.6 is 28.1 Å². The van der Waals surface area contributed by atoms with Crippen molar-refractivity contribution in [3.63, 3.8) is 0 Å². The number of nitrogens with one attached hydrogen (secondary N) is 1. The molecule has 0 saturated heterocycles. The predicted octanol–water partition coefficient (Wildman–Crippen LogP) is 3.29. The highest BCUT2D eigenvalue weighted by Crippen LogP contribution is 2.42. The van der Waals surface area contributed by atoms with Gasteiger partial charge in [-0.05, 0) is 53.4 Å². The lowest BCUT2D eigenvalue weighted by Crippen LogP contribution is -2.50. The number of carbonyl (C=O) groups excluding carboxylic acids is 1. The van der Waals surface area contributed by atoms with Gasteiger partial charge in [0.05, 0.1) is 14.9 Å². The summed E-state index contributed by atoms with van der Waals surface area (Å²) in [5, 5.41) is 2.80. The van der Waals surface area contributed by atoms with E-state index in [1.807, 2.05) is 0 Å². The number of halogens is 2. The number of rotatable bonds is 3. The third kappa shape index (κ3) is 2.51. The van der Waals surface area contributed by atoms with Crippen molar-refractivity contribution in [1.82, 2.24) is 0 Å². The van der Waals surface area contributed by atoms with Crippen LogP contribution in [-0.2, 0) is 4.79 Å². The zero-order valence-electron chi connectivity index (χ0n) is 10.4. The average molecular weight is 345 g/mol. The zero-order chi connectivity index (χ0) is 14.2. The molecule has 0 atom stereocenters. The lowest BCUT2D eigenvalue weighted by Gasteiger charge is -2.39. The molecule has 1 fully saturated rings. The van der Waals surface area contributed by atoms with Crippen molar-refractivity contribution in [3.05, 3.63) is 28.0 Å². The highest BCUT2D eigenvalue weighted by Gasteiger charge is 2.47. The van der Waals surface area contributed by atoms with Crippen molar-refractivity contribution >= 4 is 44.7 Å². The molecule has 1 saturated carbocycles. The fraction of sp³-hybridized carbons (Fsp3) is 0.385. The molecule has 0 spiro atoms. The second kappa shape index (κ2) is 5.17. The smallest absolute Gasteiger partial charge is 0.237 e. The van der Waals surface area contributed by atoms with E-state index in [4.69, 9.17) is 18.0 Å². The zero-order valence-corrected chi connectivity index (χ0v) is 12.8. The summed E-state index contributed by atoms with van der Waals surface area (Å²) in [7, 11) is 0. The van der Waals surface area contributed by atoms with Gasteiger partial charge in [-0.15, -0.1) is 0 Å². The second-order valence-electron chi connectivity index (χ2n) is 4.84. The molecule has 2 rings (SSSR count). The Bertz CT molecular complexity index is 558. The van der Waals surface area contributed by atoms with Gasteiger partial charge >= 0.3 is 0 Å². The first-order chi connectivity index (χ1) is 8.86. The molecule has 1 aliphatic carbocycles. The fourth-order valence-corrected chi connectivity index (χ4v) is 2.78. The van der Waals surface area contributed by atoms with Crippen LogP contribution in [0.4, 0.5) is 10.1 Å². The summed E-state index contributed by atoms with van der Waals surface area (Å²) >= 11 is 8.10. The normalized spacial score (nSPS) is 16.6. The van der Waals surface area contributed by atoms with Crippen molar-refractivity contribution in [2.75, 3.05) is 5.32 Å². The van der Waals surface area contributed by atoms with E-state index in [0.29, 0.717) is 28.6 Å². The fourth-order valence-electron chi connectivity index (χ4n) is 2.14. The van der Waals surface area contributed by atoms with Gasteiger partial charge in [0.15, 0.2) is 0 Å². The standard InChI is InChI=1S/C13H14BrFN2OS/c1-7-5-9(15)8(14)6-10(7)17-12(18)13(11(16)19)3-2-4-13/h5-6H,2-4H2,1H3,(H2,16,19)(H,17,18). The Kier molecular flexibility index (Phi) is 3.92. The van der Waals surface area contributed by atoms with Gasteiger partial charge in [0.2, 0.25) is 5.91 Å². The van der Waals surface area contributed by atoms with Crippen molar-refractivity contribution in [1.29, 1.82) is 0 Å². The maximum absolute atomic E-state index is 13.3. The van der Waals surface area contributed by atoms with Crippen molar-refractivity contribution in [2.24, 2.45) is 11.1 Å². The summed E-state index contributed by atoms with van der Waals surface area (Å²) in [6.07, 6.45) is 2.29. The summed E-state index contributed by atoms with van der Waals surface area (Å²) in [5.41, 5.74) is 6.18. The molecule has 19 heavy (non-hydrogen) atoms. The number of anilines is 1. The number of carbonyl (C=O) groups is 1. The molecule has 0 heterocycles. The van der Waals surface area contributed by atoms with Gasteiger partial charge in [0.25, 0.3) is 0 Å². The largest absolute Gasteiger partial charge is 0.392 e. The first kappa shape index (κ1) is 14.4. The number of thiocarbonyl (C=S) groups is 1. The lowest BCUT2D eigenvalue weighted by atomic mass is 9.68. The maximum atomic E-state index is 13.3. The molecular formula is C13H14BrFN2OS. The van der Waals surface area contributed by atoms with E-state index in [0.717, 1.165) is 6.42 Å². The van der Waals surface area contributed by atoms with Crippen LogP contribution in [-0.4, -0.2) is 10.9 Å². The van der Waals surface area contributed by atoms with Crippen LogP contribution in [0.2, 0.25) is 0 Å². The highest BCUT2D eigenvalue weighted by atomic mass is 79.9. The van der Waals surface area contributed by atoms with Crippen LogP contribution in [0.3, 0.4) is 0 Å². The molecule has 0 radical (unpaired) electrons. The van der Waals surface area contributed by atoms with E-state index in [-0.39, 0.29) is 16.7 Å². The van der Waals surface area contributed by atoms with E-state index < -0.39 is 5.41 Å². The third-order valence-electron chi connectivity index (χ3n) is 3.63. The Labute approximate surface area is 124 Å². The molecule has 3 N–H and O–H groups in total. The van der Waals surface area contributed by atoms with Gasteiger partial charge in [-0.2, -0.15) is 0 Å². The molecule has 1 aliphatic rings. The number of hydrogen-bond donors (Lipinski definition) is 2. The number of hydrogen-bond acceptors (Lipinski definition) is 2. The number of aryl methyl sites for hydroxylation is 1. The Morgan fingerprint density at radius 2 is 2.16 bits per heavy atom. The van der Waals surface area contributed by atoms with Gasteiger partial charge in [-0.3, -0.25) is 4.79 Å². The first-order valence-electron chi connectivity index (χ1n) is 5.94. The molecule has 0 aromatic heterocycles. The van der Waals surface area contributed by atoms with Crippen LogP contribution in [0, 0.1) is 18.2 Å². The molecule has 1 aromatic carbocycles. The molecule has 0 aliphatic heterocycles. The predicted molar refractivity (Wildman–Crippen MR) is 80.5 cm³/mol. The molecule has 1 aromatic rings. The van der Waals surface area contributed by atoms with Gasteiger partial charge in [-0.25, -0.2) is 4.39 Å². The lowest BCUT2D eigenvalue weighted by molar-refractivity contribution is -0.125. The molecule has 0 bridgehead atoms. The minimum absolute atomic E-state index is 0.201. The summed E-state index contributed by atoms with van der Waals surface area (Å²) < 4.78 is 13.6. The molecule has 0 unspecified atom stereocenters. The van der Waals surface area contributed by atoms with Crippen LogP contribution < -0.4 is 11.1 Å². The number of nitrogens with two attached hydrogens (primary N) is 1. The van der Waals surface area contributed by atoms with Gasteiger partial charge in [-0.1, -0.05) is 18.6 Å². The molecule has 102 valence electrons. The van der Waals surface area contributed by atoms with Gasteiger partial charge in [0.1, 0.15) is 5.82 Å². The van der Waals surface area contributed by atoms with Gasteiger partial charge in [0, 0.05) is 5.69 Å². The summed E-state index contributed by atoms with van der Waals surface area (Å²) in [4.78, 5) is 12.6. The van der Waals surface area contributed by atoms with Crippen LogP contribution in [0.15, 0.2) is 16.6 Å². The third-order valence-corrected chi connectivity index (χ3v) is 4.63. The van der Waals surface area contributed by atoms with Crippen LogP contribution in [0.1, 0.15) is 24.8 Å². The number of benzene rings is 1. The van der Waals surface area contributed by atoms with E-state index in [1.54, 1.807) is 13.0 Å². The van der Waals surface area contributed by atoms with Crippen LogP contribution in [0.25, 0.3) is 0 Å². The van der Waals surface area contributed by atoms with Crippen molar-refractivity contribution < 1.29 is 9.18 Å². The van der Waals surface area contributed by atoms with Crippen molar-refractivity contribution in [3.8, 4) is 0 Å². The van der Waals surface area contributed by atoms with Gasteiger partial charge < -0.3 is 11.1 Å². The quantitative estimate of drug-likeness (QED) is 0.827. The highest BCUT2D eigenvalue weighted by molar-refractivity contribution is 9.10. The molecular weight excluding hydrogens is 331 g/mol. The number of amides is 1. The minimum atomic E-state index is -0.733. The first-order valence-corrected chi connectivity index (χ1v) is 7.14. The van der Waals surface area contributed by atoms with E-state index in [9.17, 15) is 9.18 Å². The molecule has 6 heteroatoms. The summed E-state index contributed by atoms with van der Waals surface area (Å²) in [5.74, 6) is -0.559. The molecule has 3 nitrogen and oxygen atoms in total. The van der Waals surface area contributed by atoms with E-state index in [2.05, 4.69) is 21.2 Å². The SMILES string of the molecule is Cc1cc(F)c(Br)cc1NC(=O)C1(C(N)=S)CCC1. The second-order valence-corrected chi connectivity index (χ2v) is 6.13. The average Bonchev–Trinajstić information content (AvgIpc) is 2.23. The summed E-state index contributed by atoms with van der Waals surface area (Å²) in [6, 6.07) is 2.92. The Morgan fingerprint density at radius 3 is 2.63 bits per heavy atom. The maximum Gasteiger partial charge on any atom is 0.237 e. The monoisotopic (exact) mass is 344 g/mol. The summed E-state index contributed by atoms with van der Waals surface area (Å²) in [6.45, 7) is 1.74. The van der Waals surface area contributed by atoms with E-state index >= 15 is 0 Å². The van der Waals surface area contributed by atoms with Crippen LogP contribution in [0.5, 0.6) is 0 Å². The minimum Gasteiger partial charge on any atom is -0.392 e. The molecule has 1 amide bonds. The van der Waals surface area contributed by atoms with E-state index in [1.165, 1.54) is 6.07 Å². The van der Waals surface area contributed by atoms with Crippen molar-refractivity contribution in [2.45, 2.75) is 26.2 Å². The topological polar surface area (TPSA) is 55.1 Å². The Balaban J connectivity index is 2.24. The Hall–Kier alpha value is -1.01.